The normalized spacial score (nSPS) is 10.9. The second kappa shape index (κ2) is 10.6. The van der Waals surface area contributed by atoms with E-state index in [1.807, 2.05) is 32.0 Å². The summed E-state index contributed by atoms with van der Waals surface area (Å²) in [7, 11) is 1.64. The lowest BCUT2D eigenvalue weighted by Crippen LogP contribution is -2.17. The number of benzene rings is 2. The van der Waals surface area contributed by atoms with Gasteiger partial charge in [0.2, 0.25) is 5.91 Å². The van der Waals surface area contributed by atoms with Crippen molar-refractivity contribution < 1.29 is 19.4 Å². The van der Waals surface area contributed by atoms with Crippen LogP contribution in [0.15, 0.2) is 35.4 Å². The molecule has 0 saturated carbocycles. The van der Waals surface area contributed by atoms with Crippen LogP contribution in [-0.4, -0.2) is 30.9 Å². The van der Waals surface area contributed by atoms with E-state index in [4.69, 9.17) is 21.1 Å². The van der Waals surface area contributed by atoms with E-state index in [1.54, 1.807) is 19.2 Å². The molecule has 0 aliphatic heterocycles. The van der Waals surface area contributed by atoms with Gasteiger partial charge in [-0.3, -0.25) is 4.79 Å². The van der Waals surface area contributed by atoms with Crippen LogP contribution in [0, 0.1) is 6.92 Å². The molecule has 0 saturated heterocycles. The van der Waals surface area contributed by atoms with Crippen LogP contribution in [0.2, 0.25) is 5.02 Å². The Morgan fingerprint density at radius 2 is 2.11 bits per heavy atom. The molecule has 6 nitrogen and oxygen atoms in total. The van der Waals surface area contributed by atoms with E-state index in [2.05, 4.69) is 10.5 Å². The van der Waals surface area contributed by atoms with Crippen LogP contribution >= 0.6 is 11.6 Å². The minimum Gasteiger partial charge on any atom is -0.503 e. The number of halogens is 1. The first-order valence-electron chi connectivity index (χ1n) is 9.05. The quantitative estimate of drug-likeness (QED) is 0.484. The van der Waals surface area contributed by atoms with Crippen LogP contribution in [0.5, 0.6) is 17.2 Å². The van der Waals surface area contributed by atoms with E-state index >= 15 is 0 Å². The third-order valence-corrected chi connectivity index (χ3v) is 4.44. The Kier molecular flexibility index (Phi) is 8.14. The molecule has 0 heterocycles. The Hall–Kier alpha value is -2.73. The Balaban J connectivity index is 1.84. The second-order valence-electron chi connectivity index (χ2n) is 6.22. The monoisotopic (exact) mass is 404 g/mol. The topological polar surface area (TPSA) is 80.2 Å². The zero-order valence-corrected chi connectivity index (χ0v) is 17.0. The van der Waals surface area contributed by atoms with Crippen LogP contribution < -0.4 is 14.9 Å². The molecular weight excluding hydrogens is 380 g/mol. The number of nitrogens with zero attached hydrogens (tertiary/aromatic N) is 1. The van der Waals surface area contributed by atoms with E-state index < -0.39 is 0 Å². The number of hydrogen-bond acceptors (Lipinski definition) is 5. The molecule has 1 amide bonds. The van der Waals surface area contributed by atoms with Crippen LogP contribution in [0.1, 0.15) is 36.5 Å². The molecule has 0 atom stereocenters. The fourth-order valence-corrected chi connectivity index (χ4v) is 2.90. The minimum absolute atomic E-state index is 0.112. The summed E-state index contributed by atoms with van der Waals surface area (Å²) >= 11 is 5.97. The molecule has 0 aromatic heterocycles. The number of carbonyl (C=O) groups excluding carboxylic acids is 1. The van der Waals surface area contributed by atoms with Gasteiger partial charge in [-0.05, 0) is 67.6 Å². The summed E-state index contributed by atoms with van der Waals surface area (Å²) < 4.78 is 10.5. The number of phenolic OH excluding ortho intramolecular Hbond substituents is 1. The molecule has 0 radical (unpaired) electrons. The van der Waals surface area contributed by atoms with Crippen LogP contribution in [0.4, 0.5) is 0 Å². The molecule has 2 aromatic rings. The van der Waals surface area contributed by atoms with E-state index in [9.17, 15) is 9.90 Å². The highest BCUT2D eigenvalue weighted by atomic mass is 35.5. The van der Waals surface area contributed by atoms with Gasteiger partial charge in [0.15, 0.2) is 11.5 Å². The summed E-state index contributed by atoms with van der Waals surface area (Å²) in [5, 5.41) is 13.9. The molecule has 0 fully saturated rings. The van der Waals surface area contributed by atoms with Gasteiger partial charge in [0.05, 0.1) is 25.0 Å². The van der Waals surface area contributed by atoms with Crippen molar-refractivity contribution in [1.29, 1.82) is 0 Å². The van der Waals surface area contributed by atoms with Crippen molar-refractivity contribution in [2.24, 2.45) is 5.10 Å². The number of phenols is 1. The predicted molar refractivity (Wildman–Crippen MR) is 111 cm³/mol. The van der Waals surface area contributed by atoms with Gasteiger partial charge < -0.3 is 14.6 Å². The first-order valence-corrected chi connectivity index (χ1v) is 9.43. The third-order valence-electron chi connectivity index (χ3n) is 4.15. The van der Waals surface area contributed by atoms with Gasteiger partial charge in [-0.1, -0.05) is 17.7 Å². The predicted octanol–water partition coefficient (Wildman–Crippen LogP) is 4.23. The van der Waals surface area contributed by atoms with Gasteiger partial charge in [0.25, 0.3) is 0 Å². The van der Waals surface area contributed by atoms with Crippen molar-refractivity contribution >= 4 is 23.7 Å². The van der Waals surface area contributed by atoms with E-state index in [0.717, 1.165) is 17.7 Å². The van der Waals surface area contributed by atoms with Crippen molar-refractivity contribution in [3.63, 3.8) is 0 Å². The Morgan fingerprint density at radius 3 is 2.79 bits per heavy atom. The number of nitrogens with one attached hydrogen (secondary N) is 1. The molecule has 7 heteroatoms. The number of hydrazone groups is 1. The lowest BCUT2D eigenvalue weighted by atomic mass is 10.0. The molecule has 2 aromatic carbocycles. The maximum atomic E-state index is 12.0. The SMILES string of the molecule is CCOc1cc(/C=N\NC(=O)CCCc2ccc(OC)cc2C)cc(Cl)c1O. The summed E-state index contributed by atoms with van der Waals surface area (Å²) in [4.78, 5) is 12.0. The zero-order chi connectivity index (χ0) is 20.5. The Labute approximate surface area is 170 Å². The summed E-state index contributed by atoms with van der Waals surface area (Å²) in [6, 6.07) is 9.08. The molecule has 0 aliphatic carbocycles. The van der Waals surface area contributed by atoms with Crippen LogP contribution in [0.3, 0.4) is 0 Å². The molecule has 0 aliphatic rings. The standard InChI is InChI=1S/C21H25ClN2O4/c1-4-28-19-12-15(11-18(22)21(19)26)13-23-24-20(25)7-5-6-16-8-9-17(27-3)10-14(16)2/h8-13,26H,4-7H2,1-3H3,(H,24,25)/b23-13-. The molecule has 150 valence electrons. The van der Waals surface area contributed by atoms with Gasteiger partial charge >= 0.3 is 0 Å². The minimum atomic E-state index is -0.169. The van der Waals surface area contributed by atoms with Crippen molar-refractivity contribution in [1.82, 2.24) is 5.43 Å². The van der Waals surface area contributed by atoms with E-state index in [-0.39, 0.29) is 22.4 Å². The number of hydrogen-bond donors (Lipinski definition) is 2. The highest BCUT2D eigenvalue weighted by molar-refractivity contribution is 6.32. The molecule has 28 heavy (non-hydrogen) atoms. The fraction of sp³-hybridized carbons (Fsp3) is 0.333. The van der Waals surface area contributed by atoms with E-state index in [1.165, 1.54) is 11.8 Å². The number of rotatable bonds is 9. The summed E-state index contributed by atoms with van der Waals surface area (Å²) in [6.07, 6.45) is 3.34. The average Bonchev–Trinajstić information content (AvgIpc) is 2.67. The van der Waals surface area contributed by atoms with Gasteiger partial charge in [0, 0.05) is 6.42 Å². The maximum Gasteiger partial charge on any atom is 0.240 e. The Morgan fingerprint density at radius 1 is 1.32 bits per heavy atom. The van der Waals surface area contributed by atoms with Crippen LogP contribution in [-0.2, 0) is 11.2 Å². The largest absolute Gasteiger partial charge is 0.503 e. The van der Waals surface area contributed by atoms with Gasteiger partial charge in [-0.25, -0.2) is 5.43 Å². The summed E-state index contributed by atoms with van der Waals surface area (Å²) in [5.41, 5.74) is 5.45. The lowest BCUT2D eigenvalue weighted by molar-refractivity contribution is -0.121. The van der Waals surface area contributed by atoms with Gasteiger partial charge in [-0.2, -0.15) is 5.10 Å². The van der Waals surface area contributed by atoms with Crippen LogP contribution in [0.25, 0.3) is 0 Å². The Bertz CT molecular complexity index is 853. The molecule has 0 unspecified atom stereocenters. The van der Waals surface area contributed by atoms with Crippen molar-refractivity contribution in [3.05, 3.63) is 52.0 Å². The highest BCUT2D eigenvalue weighted by Crippen LogP contribution is 2.34. The van der Waals surface area contributed by atoms with Crippen molar-refractivity contribution in [2.75, 3.05) is 13.7 Å². The number of aromatic hydroxyl groups is 1. The fourth-order valence-electron chi connectivity index (χ4n) is 2.68. The second-order valence-corrected chi connectivity index (χ2v) is 6.63. The summed E-state index contributed by atoms with van der Waals surface area (Å²) in [6.45, 7) is 4.23. The highest BCUT2D eigenvalue weighted by Gasteiger charge is 2.09. The third kappa shape index (κ3) is 6.16. The zero-order valence-electron chi connectivity index (χ0n) is 16.3. The first-order chi connectivity index (χ1) is 13.4. The lowest BCUT2D eigenvalue weighted by Gasteiger charge is -2.08. The number of ether oxygens (including phenoxy) is 2. The smallest absolute Gasteiger partial charge is 0.240 e. The number of carbonyl (C=O) groups is 1. The number of aryl methyl sites for hydroxylation is 2. The van der Waals surface area contributed by atoms with Crippen molar-refractivity contribution in [3.8, 4) is 17.2 Å². The van der Waals surface area contributed by atoms with Gasteiger partial charge in [0.1, 0.15) is 5.75 Å². The number of methoxy groups -OCH3 is 1. The summed E-state index contributed by atoms with van der Waals surface area (Å²) in [5.74, 6) is 0.823. The molecule has 0 bridgehead atoms. The average molecular weight is 405 g/mol. The first kappa shape index (κ1) is 21.6. The molecule has 0 spiro atoms. The number of amides is 1. The molecular formula is C21H25ClN2O4. The maximum absolute atomic E-state index is 12.0. The van der Waals surface area contributed by atoms with Gasteiger partial charge in [-0.15, -0.1) is 0 Å². The molecule has 2 rings (SSSR count). The van der Waals surface area contributed by atoms with E-state index in [0.29, 0.717) is 25.0 Å². The molecule has 2 N–H and O–H groups in total. The van der Waals surface area contributed by atoms with Crippen molar-refractivity contribution in [2.45, 2.75) is 33.1 Å².